The molecule has 16 heavy (non-hydrogen) atoms. The monoisotopic (exact) mass is 246 g/mol. The van der Waals surface area contributed by atoms with Crippen LogP contribution < -0.4 is 5.73 Å². The van der Waals surface area contributed by atoms with Gasteiger partial charge in [-0.15, -0.1) is 0 Å². The molecule has 6 heteroatoms. The van der Waals surface area contributed by atoms with Gasteiger partial charge in [-0.1, -0.05) is 6.92 Å². The van der Waals surface area contributed by atoms with E-state index >= 15 is 0 Å². The maximum Gasteiger partial charge on any atom is 0.246 e. The minimum Gasteiger partial charge on any atom is -0.464 e. The van der Waals surface area contributed by atoms with Gasteiger partial charge in [-0.2, -0.15) is 0 Å². The average Bonchev–Trinajstić information content (AvgIpc) is 2.60. The highest BCUT2D eigenvalue weighted by molar-refractivity contribution is 7.89. The molecule has 0 aliphatic carbocycles. The maximum absolute atomic E-state index is 12.1. The number of nitrogens with zero attached hydrogens (tertiary/aromatic N) is 1. The van der Waals surface area contributed by atoms with Crippen LogP contribution in [0.1, 0.15) is 24.9 Å². The summed E-state index contributed by atoms with van der Waals surface area (Å²) in [6, 6.07) is 1.50. The molecule has 0 amide bonds. The molecule has 0 atom stereocenters. The van der Waals surface area contributed by atoms with Crippen LogP contribution in [-0.4, -0.2) is 26.3 Å². The van der Waals surface area contributed by atoms with E-state index in [2.05, 4.69) is 0 Å². The molecule has 1 aromatic heterocycles. The van der Waals surface area contributed by atoms with E-state index in [0.717, 1.165) is 6.42 Å². The first-order chi connectivity index (χ1) is 7.43. The van der Waals surface area contributed by atoms with Gasteiger partial charge in [0.2, 0.25) is 10.0 Å². The van der Waals surface area contributed by atoms with E-state index in [-0.39, 0.29) is 11.4 Å². The fourth-order valence-corrected chi connectivity index (χ4v) is 2.93. The third-order valence-electron chi connectivity index (χ3n) is 2.35. The van der Waals surface area contributed by atoms with Crippen LogP contribution in [0, 0.1) is 6.92 Å². The second-order valence-electron chi connectivity index (χ2n) is 3.66. The van der Waals surface area contributed by atoms with Gasteiger partial charge in [-0.3, -0.25) is 0 Å². The minimum absolute atomic E-state index is 0.202. The van der Waals surface area contributed by atoms with Crippen molar-refractivity contribution in [1.82, 2.24) is 4.31 Å². The fraction of sp³-hybridized carbons (Fsp3) is 0.600. The zero-order chi connectivity index (χ0) is 12.3. The molecule has 92 valence electrons. The van der Waals surface area contributed by atoms with E-state index in [9.17, 15) is 8.42 Å². The van der Waals surface area contributed by atoms with Crippen molar-refractivity contribution in [1.29, 1.82) is 0 Å². The van der Waals surface area contributed by atoms with Gasteiger partial charge in [-0.25, -0.2) is 12.7 Å². The van der Waals surface area contributed by atoms with Gasteiger partial charge in [0, 0.05) is 19.7 Å². The largest absolute Gasteiger partial charge is 0.464 e. The van der Waals surface area contributed by atoms with E-state index in [0.29, 0.717) is 18.1 Å². The second kappa shape index (κ2) is 4.99. The van der Waals surface area contributed by atoms with E-state index < -0.39 is 10.0 Å². The van der Waals surface area contributed by atoms with E-state index in [1.165, 1.54) is 10.4 Å². The molecule has 1 rings (SSSR count). The summed E-state index contributed by atoms with van der Waals surface area (Å²) < 4.78 is 30.8. The Morgan fingerprint density at radius 3 is 2.56 bits per heavy atom. The SMILES string of the molecule is CCCN(C)S(=O)(=O)c1cc(CN)oc1C. The zero-order valence-electron chi connectivity index (χ0n) is 9.86. The van der Waals surface area contributed by atoms with E-state index in [1.807, 2.05) is 6.92 Å². The quantitative estimate of drug-likeness (QED) is 0.843. The Kier molecular flexibility index (Phi) is 4.12. The number of sulfonamides is 1. The number of nitrogens with two attached hydrogens (primary N) is 1. The predicted octanol–water partition coefficient (Wildman–Crippen LogP) is 1.08. The first kappa shape index (κ1) is 13.2. The molecule has 1 heterocycles. The number of furan rings is 1. The van der Waals surface area contributed by atoms with Gasteiger partial charge in [0.05, 0.1) is 6.54 Å². The Balaban J connectivity index is 3.11. The fourth-order valence-electron chi connectivity index (χ4n) is 1.48. The Labute approximate surface area is 96.3 Å². The zero-order valence-corrected chi connectivity index (χ0v) is 10.7. The molecule has 0 radical (unpaired) electrons. The molecule has 0 spiro atoms. The molecular formula is C10H18N2O3S. The Morgan fingerprint density at radius 2 is 2.12 bits per heavy atom. The molecule has 5 nitrogen and oxygen atoms in total. The summed E-state index contributed by atoms with van der Waals surface area (Å²) in [4.78, 5) is 0.212. The minimum atomic E-state index is -3.44. The third-order valence-corrected chi connectivity index (χ3v) is 4.32. The summed E-state index contributed by atoms with van der Waals surface area (Å²) >= 11 is 0. The van der Waals surface area contributed by atoms with Crippen LogP contribution in [-0.2, 0) is 16.6 Å². The van der Waals surface area contributed by atoms with Crippen LogP contribution in [0.15, 0.2) is 15.4 Å². The van der Waals surface area contributed by atoms with Gasteiger partial charge in [0.25, 0.3) is 0 Å². The van der Waals surface area contributed by atoms with Gasteiger partial charge < -0.3 is 10.2 Å². The van der Waals surface area contributed by atoms with Gasteiger partial charge in [0.15, 0.2) is 0 Å². The van der Waals surface area contributed by atoms with Crippen LogP contribution in [0.2, 0.25) is 0 Å². The molecule has 0 saturated carbocycles. The number of aryl methyl sites for hydroxylation is 1. The molecule has 0 saturated heterocycles. The summed E-state index contributed by atoms with van der Waals surface area (Å²) in [6.45, 7) is 4.25. The van der Waals surface area contributed by atoms with Crippen LogP contribution >= 0.6 is 0 Å². The summed E-state index contributed by atoms with van der Waals surface area (Å²) in [5, 5.41) is 0. The first-order valence-corrected chi connectivity index (χ1v) is 6.63. The number of hydrogen-bond acceptors (Lipinski definition) is 4. The lowest BCUT2D eigenvalue weighted by Gasteiger charge is -2.15. The maximum atomic E-state index is 12.1. The van der Waals surface area contributed by atoms with Crippen LogP contribution in [0.3, 0.4) is 0 Å². The van der Waals surface area contributed by atoms with Crippen molar-refractivity contribution in [2.75, 3.05) is 13.6 Å². The highest BCUT2D eigenvalue weighted by Gasteiger charge is 2.25. The van der Waals surface area contributed by atoms with Crippen molar-refractivity contribution in [2.24, 2.45) is 5.73 Å². The van der Waals surface area contributed by atoms with E-state index in [1.54, 1.807) is 14.0 Å². The molecule has 0 fully saturated rings. The van der Waals surface area contributed by atoms with Gasteiger partial charge >= 0.3 is 0 Å². The molecule has 1 aromatic rings. The predicted molar refractivity (Wildman–Crippen MR) is 61.4 cm³/mol. The van der Waals surface area contributed by atoms with Crippen LogP contribution in [0.4, 0.5) is 0 Å². The summed E-state index contributed by atoms with van der Waals surface area (Å²) in [5.41, 5.74) is 5.41. The van der Waals surface area contributed by atoms with Crippen molar-refractivity contribution in [3.8, 4) is 0 Å². The molecule has 0 bridgehead atoms. The van der Waals surface area contributed by atoms with Gasteiger partial charge in [0.1, 0.15) is 16.4 Å². The van der Waals surface area contributed by atoms with Crippen molar-refractivity contribution in [3.05, 3.63) is 17.6 Å². The number of hydrogen-bond donors (Lipinski definition) is 1. The third kappa shape index (κ3) is 2.45. The molecule has 0 unspecified atom stereocenters. The molecule has 0 aliphatic heterocycles. The molecule has 0 aromatic carbocycles. The summed E-state index contributed by atoms with van der Waals surface area (Å²) in [6.07, 6.45) is 0.774. The summed E-state index contributed by atoms with van der Waals surface area (Å²) in [5.74, 6) is 0.879. The number of rotatable bonds is 5. The van der Waals surface area contributed by atoms with Crippen molar-refractivity contribution in [2.45, 2.75) is 31.7 Å². The first-order valence-electron chi connectivity index (χ1n) is 5.19. The van der Waals surface area contributed by atoms with Crippen molar-refractivity contribution < 1.29 is 12.8 Å². The van der Waals surface area contributed by atoms with Crippen LogP contribution in [0.25, 0.3) is 0 Å². The standard InChI is InChI=1S/C10H18N2O3S/c1-4-5-12(3)16(13,14)10-6-9(7-11)15-8(10)2/h6H,4-5,7,11H2,1-3H3. The molecule has 0 aliphatic rings. The van der Waals surface area contributed by atoms with E-state index in [4.69, 9.17) is 10.2 Å². The highest BCUT2D eigenvalue weighted by Crippen LogP contribution is 2.22. The molecule has 2 N–H and O–H groups in total. The Hall–Kier alpha value is -0.850. The van der Waals surface area contributed by atoms with Gasteiger partial charge in [-0.05, 0) is 13.3 Å². The normalized spacial score (nSPS) is 12.3. The lowest BCUT2D eigenvalue weighted by molar-refractivity contribution is 0.458. The topological polar surface area (TPSA) is 76.5 Å². The molecular weight excluding hydrogens is 228 g/mol. The Bertz CT molecular complexity index is 451. The van der Waals surface area contributed by atoms with Crippen molar-refractivity contribution >= 4 is 10.0 Å². The average molecular weight is 246 g/mol. The Morgan fingerprint density at radius 1 is 1.50 bits per heavy atom. The summed E-state index contributed by atoms with van der Waals surface area (Å²) in [7, 11) is -1.87. The lowest BCUT2D eigenvalue weighted by atomic mass is 10.4. The second-order valence-corrected chi connectivity index (χ2v) is 5.68. The van der Waals surface area contributed by atoms with Crippen LogP contribution in [0.5, 0.6) is 0 Å². The van der Waals surface area contributed by atoms with Crippen molar-refractivity contribution in [3.63, 3.8) is 0 Å². The smallest absolute Gasteiger partial charge is 0.246 e. The lowest BCUT2D eigenvalue weighted by Crippen LogP contribution is -2.27. The highest BCUT2D eigenvalue weighted by atomic mass is 32.2.